The molecule has 1 atom stereocenters. The number of amides is 1. The Morgan fingerprint density at radius 1 is 1.26 bits per heavy atom. The summed E-state index contributed by atoms with van der Waals surface area (Å²) in [5.74, 6) is -0.217. The van der Waals surface area contributed by atoms with Crippen molar-refractivity contribution in [1.82, 2.24) is 10.2 Å². The van der Waals surface area contributed by atoms with Crippen molar-refractivity contribution in [3.8, 4) is 0 Å². The number of piperidine rings is 1. The van der Waals surface area contributed by atoms with Crippen LogP contribution in [0.15, 0.2) is 0 Å². The fraction of sp³-hybridized carbons (Fsp3) is 0.933. The quantitative estimate of drug-likeness (QED) is 0.766. The lowest BCUT2D eigenvalue weighted by Gasteiger charge is -2.39. The standard InChI is InChI=1S/C15H29N3O/c1-2-17-13(14(16)19)5-10-18-11-8-15(9-12-18)6-3-4-7-15/h13,17H,2-12H2,1H3,(H2,16,19). The highest BCUT2D eigenvalue weighted by molar-refractivity contribution is 5.79. The van der Waals surface area contributed by atoms with Crippen molar-refractivity contribution in [3.05, 3.63) is 0 Å². The molecule has 0 aromatic carbocycles. The molecule has 2 rings (SSSR count). The lowest BCUT2D eigenvalue weighted by atomic mass is 9.77. The molecule has 1 unspecified atom stereocenters. The van der Waals surface area contributed by atoms with E-state index in [4.69, 9.17) is 5.73 Å². The van der Waals surface area contributed by atoms with Gasteiger partial charge >= 0.3 is 0 Å². The van der Waals surface area contributed by atoms with Crippen molar-refractivity contribution in [1.29, 1.82) is 0 Å². The molecule has 1 heterocycles. The molecule has 0 radical (unpaired) electrons. The zero-order valence-corrected chi connectivity index (χ0v) is 12.3. The first-order chi connectivity index (χ1) is 9.15. The number of likely N-dealkylation sites (N-methyl/N-ethyl adjacent to an activating group) is 1. The van der Waals surface area contributed by atoms with E-state index in [0.29, 0.717) is 5.41 Å². The van der Waals surface area contributed by atoms with Crippen LogP contribution in [-0.2, 0) is 4.79 Å². The van der Waals surface area contributed by atoms with Crippen LogP contribution in [-0.4, -0.2) is 43.0 Å². The van der Waals surface area contributed by atoms with Crippen molar-refractivity contribution >= 4 is 5.91 Å². The first-order valence-corrected chi connectivity index (χ1v) is 7.90. The molecule has 2 fully saturated rings. The molecule has 0 aromatic rings. The van der Waals surface area contributed by atoms with E-state index >= 15 is 0 Å². The fourth-order valence-electron chi connectivity index (χ4n) is 3.78. The molecule has 1 aliphatic carbocycles. The van der Waals surface area contributed by atoms with Gasteiger partial charge in [-0.2, -0.15) is 0 Å². The second-order valence-electron chi connectivity index (χ2n) is 6.35. The van der Waals surface area contributed by atoms with E-state index in [1.165, 1.54) is 51.6 Å². The van der Waals surface area contributed by atoms with Crippen LogP contribution in [0.3, 0.4) is 0 Å². The summed E-state index contributed by atoms with van der Waals surface area (Å²) in [4.78, 5) is 13.8. The predicted molar refractivity (Wildman–Crippen MR) is 77.9 cm³/mol. The Morgan fingerprint density at radius 3 is 2.42 bits per heavy atom. The van der Waals surface area contributed by atoms with Crippen molar-refractivity contribution in [2.24, 2.45) is 11.1 Å². The number of hydrogen-bond acceptors (Lipinski definition) is 3. The van der Waals surface area contributed by atoms with E-state index in [0.717, 1.165) is 19.5 Å². The van der Waals surface area contributed by atoms with Gasteiger partial charge in [0.1, 0.15) is 0 Å². The maximum absolute atomic E-state index is 11.3. The van der Waals surface area contributed by atoms with Crippen molar-refractivity contribution in [3.63, 3.8) is 0 Å². The van der Waals surface area contributed by atoms with Crippen LogP contribution in [0.4, 0.5) is 0 Å². The van der Waals surface area contributed by atoms with Gasteiger partial charge in [-0.1, -0.05) is 19.8 Å². The minimum absolute atomic E-state index is 0.160. The van der Waals surface area contributed by atoms with Gasteiger partial charge in [0, 0.05) is 6.54 Å². The van der Waals surface area contributed by atoms with Crippen LogP contribution < -0.4 is 11.1 Å². The maximum Gasteiger partial charge on any atom is 0.234 e. The molecule has 1 saturated carbocycles. The Hall–Kier alpha value is -0.610. The van der Waals surface area contributed by atoms with E-state index in [1.807, 2.05) is 6.92 Å². The summed E-state index contributed by atoms with van der Waals surface area (Å²) in [6.07, 6.45) is 9.32. The van der Waals surface area contributed by atoms with E-state index in [2.05, 4.69) is 10.2 Å². The number of nitrogens with zero attached hydrogens (tertiary/aromatic N) is 1. The summed E-state index contributed by atoms with van der Waals surface area (Å²) >= 11 is 0. The number of hydrogen-bond donors (Lipinski definition) is 2. The number of nitrogens with one attached hydrogen (secondary N) is 1. The van der Waals surface area contributed by atoms with Crippen LogP contribution in [0.5, 0.6) is 0 Å². The molecule has 19 heavy (non-hydrogen) atoms. The van der Waals surface area contributed by atoms with Crippen LogP contribution >= 0.6 is 0 Å². The first-order valence-electron chi connectivity index (χ1n) is 7.90. The topological polar surface area (TPSA) is 58.4 Å². The number of nitrogens with two attached hydrogens (primary N) is 1. The van der Waals surface area contributed by atoms with Crippen LogP contribution in [0.1, 0.15) is 51.9 Å². The molecular formula is C15H29N3O. The lowest BCUT2D eigenvalue weighted by molar-refractivity contribution is -0.120. The molecule has 110 valence electrons. The molecule has 2 aliphatic rings. The Labute approximate surface area is 117 Å². The fourth-order valence-corrected chi connectivity index (χ4v) is 3.78. The minimum atomic E-state index is -0.217. The molecule has 3 N–H and O–H groups in total. The predicted octanol–water partition coefficient (Wildman–Crippen LogP) is 1.50. The number of carbonyl (C=O) groups is 1. The van der Waals surface area contributed by atoms with Gasteiger partial charge in [0.2, 0.25) is 5.91 Å². The lowest BCUT2D eigenvalue weighted by Crippen LogP contribution is -2.45. The van der Waals surface area contributed by atoms with Gasteiger partial charge in [0.05, 0.1) is 6.04 Å². The minimum Gasteiger partial charge on any atom is -0.368 e. The number of likely N-dealkylation sites (tertiary alicyclic amines) is 1. The monoisotopic (exact) mass is 267 g/mol. The largest absolute Gasteiger partial charge is 0.368 e. The average molecular weight is 267 g/mol. The zero-order chi connectivity index (χ0) is 13.7. The Bertz CT molecular complexity index is 290. The summed E-state index contributed by atoms with van der Waals surface area (Å²) in [6, 6.07) is -0.160. The first kappa shape index (κ1) is 14.8. The Balaban J connectivity index is 1.71. The summed E-state index contributed by atoms with van der Waals surface area (Å²) in [5, 5.41) is 3.17. The van der Waals surface area contributed by atoms with Gasteiger partial charge in [0.15, 0.2) is 0 Å². The van der Waals surface area contributed by atoms with Gasteiger partial charge in [-0.05, 0) is 57.2 Å². The van der Waals surface area contributed by atoms with Crippen molar-refractivity contribution < 1.29 is 4.79 Å². The number of primary amides is 1. The number of rotatable bonds is 6. The molecule has 1 aliphatic heterocycles. The highest BCUT2D eigenvalue weighted by Crippen LogP contribution is 2.46. The maximum atomic E-state index is 11.3. The Kier molecular flexibility index (Phi) is 5.22. The van der Waals surface area contributed by atoms with Gasteiger partial charge in [-0.15, -0.1) is 0 Å². The molecular weight excluding hydrogens is 238 g/mol. The van der Waals surface area contributed by atoms with Crippen molar-refractivity contribution in [2.75, 3.05) is 26.2 Å². The van der Waals surface area contributed by atoms with Gasteiger partial charge in [-0.25, -0.2) is 0 Å². The SMILES string of the molecule is CCNC(CCN1CCC2(CCCC2)CC1)C(N)=O. The van der Waals surface area contributed by atoms with E-state index < -0.39 is 0 Å². The van der Waals surface area contributed by atoms with Crippen molar-refractivity contribution in [2.45, 2.75) is 57.9 Å². The van der Waals surface area contributed by atoms with E-state index in [-0.39, 0.29) is 11.9 Å². The highest BCUT2D eigenvalue weighted by atomic mass is 16.1. The summed E-state index contributed by atoms with van der Waals surface area (Å²) < 4.78 is 0. The third-order valence-electron chi connectivity index (χ3n) is 5.11. The molecule has 0 aromatic heterocycles. The van der Waals surface area contributed by atoms with Crippen LogP contribution in [0.2, 0.25) is 0 Å². The highest BCUT2D eigenvalue weighted by Gasteiger charge is 2.36. The zero-order valence-electron chi connectivity index (χ0n) is 12.3. The van der Waals surface area contributed by atoms with Gasteiger partial charge in [-0.3, -0.25) is 4.79 Å². The summed E-state index contributed by atoms with van der Waals surface area (Å²) in [6.45, 7) is 6.23. The second kappa shape index (κ2) is 6.71. The third kappa shape index (κ3) is 3.93. The molecule has 0 bridgehead atoms. The van der Waals surface area contributed by atoms with Gasteiger partial charge in [0.25, 0.3) is 0 Å². The van der Waals surface area contributed by atoms with Crippen LogP contribution in [0, 0.1) is 5.41 Å². The average Bonchev–Trinajstić information content (AvgIpc) is 2.85. The molecule has 1 amide bonds. The molecule has 1 saturated heterocycles. The Morgan fingerprint density at radius 2 is 1.89 bits per heavy atom. The van der Waals surface area contributed by atoms with E-state index in [9.17, 15) is 4.79 Å². The van der Waals surface area contributed by atoms with Crippen LogP contribution in [0.25, 0.3) is 0 Å². The van der Waals surface area contributed by atoms with Gasteiger partial charge < -0.3 is 16.0 Å². The van der Waals surface area contributed by atoms with E-state index in [1.54, 1.807) is 0 Å². The summed E-state index contributed by atoms with van der Waals surface area (Å²) in [5.41, 5.74) is 6.09. The second-order valence-corrected chi connectivity index (χ2v) is 6.35. The third-order valence-corrected chi connectivity index (χ3v) is 5.11. The smallest absolute Gasteiger partial charge is 0.234 e. The summed E-state index contributed by atoms with van der Waals surface area (Å²) in [7, 11) is 0. The normalized spacial score (nSPS) is 24.7. The molecule has 4 heteroatoms. The molecule has 4 nitrogen and oxygen atoms in total. The molecule has 1 spiro atoms. The number of carbonyl (C=O) groups excluding carboxylic acids is 1.